The molecule has 0 aliphatic heterocycles. The van der Waals surface area contributed by atoms with Crippen molar-refractivity contribution < 1.29 is 12.8 Å². The zero-order valence-electron chi connectivity index (χ0n) is 12.0. The summed E-state index contributed by atoms with van der Waals surface area (Å²) in [6.07, 6.45) is 1.20. The number of halogens is 1. The van der Waals surface area contributed by atoms with E-state index in [2.05, 4.69) is 15.5 Å². The number of sulfone groups is 1. The van der Waals surface area contributed by atoms with Crippen LogP contribution in [0, 0.1) is 6.92 Å². The van der Waals surface area contributed by atoms with E-state index in [-0.39, 0.29) is 15.8 Å². The minimum absolute atomic E-state index is 0.190. The molecule has 0 unspecified atom stereocenters. The van der Waals surface area contributed by atoms with Crippen molar-refractivity contribution in [2.24, 2.45) is 0 Å². The summed E-state index contributed by atoms with van der Waals surface area (Å²) in [5, 5.41) is 10.6. The summed E-state index contributed by atoms with van der Waals surface area (Å²) in [6.45, 7) is 1.76. The van der Waals surface area contributed by atoms with Crippen LogP contribution in [-0.4, -0.2) is 18.6 Å². The van der Waals surface area contributed by atoms with Crippen LogP contribution in [0.4, 0.5) is 11.7 Å². The Morgan fingerprint density at radius 3 is 2.39 bits per heavy atom. The average Bonchev–Trinajstić information content (AvgIpc) is 3.03. The van der Waals surface area contributed by atoms with E-state index in [1.54, 1.807) is 31.2 Å². The van der Waals surface area contributed by atoms with Crippen molar-refractivity contribution in [2.75, 3.05) is 5.32 Å². The molecule has 23 heavy (non-hydrogen) atoms. The van der Waals surface area contributed by atoms with Crippen LogP contribution in [0.25, 0.3) is 0 Å². The summed E-state index contributed by atoms with van der Waals surface area (Å²) in [5.41, 5.74) is 1.35. The summed E-state index contributed by atoms with van der Waals surface area (Å²) in [7, 11) is -3.59. The summed E-state index contributed by atoms with van der Waals surface area (Å²) in [4.78, 5) is 0.396. The molecule has 1 aromatic heterocycles. The lowest BCUT2D eigenvalue weighted by Crippen LogP contribution is -2.02. The number of benzene rings is 2. The van der Waals surface area contributed by atoms with E-state index in [0.29, 0.717) is 16.3 Å². The maximum absolute atomic E-state index is 12.6. The van der Waals surface area contributed by atoms with Gasteiger partial charge in [-0.25, -0.2) is 8.42 Å². The van der Waals surface area contributed by atoms with Crippen molar-refractivity contribution >= 4 is 33.1 Å². The van der Waals surface area contributed by atoms with E-state index >= 15 is 0 Å². The zero-order chi connectivity index (χ0) is 16.4. The molecule has 2 aromatic carbocycles. The molecule has 1 heterocycles. The standard InChI is InChI=1S/C15H12ClN3O3S/c1-10-8-13(6-7-14(10)16)23(20,21)12-4-2-11(3-5-12)18-15-19-17-9-22-15/h2-9H,1H3,(H,18,19). The van der Waals surface area contributed by atoms with Crippen LogP contribution in [0.5, 0.6) is 0 Å². The van der Waals surface area contributed by atoms with Crippen LogP contribution in [0.1, 0.15) is 5.56 Å². The highest BCUT2D eigenvalue weighted by Gasteiger charge is 2.18. The van der Waals surface area contributed by atoms with Gasteiger partial charge in [-0.2, -0.15) is 0 Å². The normalized spacial score (nSPS) is 11.4. The molecular formula is C15H12ClN3O3S. The van der Waals surface area contributed by atoms with E-state index in [1.165, 1.54) is 24.6 Å². The smallest absolute Gasteiger partial charge is 0.319 e. The van der Waals surface area contributed by atoms with E-state index in [4.69, 9.17) is 16.0 Å². The van der Waals surface area contributed by atoms with Gasteiger partial charge in [-0.15, -0.1) is 5.10 Å². The highest BCUT2D eigenvalue weighted by Crippen LogP contribution is 2.26. The second kappa shape index (κ2) is 6.02. The van der Waals surface area contributed by atoms with Gasteiger partial charge in [-0.3, -0.25) is 0 Å². The monoisotopic (exact) mass is 349 g/mol. The predicted octanol–water partition coefficient (Wildman–Crippen LogP) is 3.61. The van der Waals surface area contributed by atoms with Crippen LogP contribution in [0.15, 0.2) is 63.1 Å². The molecule has 0 spiro atoms. The third kappa shape index (κ3) is 3.20. The van der Waals surface area contributed by atoms with Gasteiger partial charge in [0.2, 0.25) is 16.2 Å². The number of rotatable bonds is 4. The Kier molecular flexibility index (Phi) is 4.06. The second-order valence-electron chi connectivity index (χ2n) is 4.81. The molecule has 3 aromatic rings. The van der Waals surface area contributed by atoms with Gasteiger partial charge in [0.15, 0.2) is 0 Å². The summed E-state index contributed by atoms with van der Waals surface area (Å²) in [6, 6.07) is 11.1. The topological polar surface area (TPSA) is 85.1 Å². The van der Waals surface area contributed by atoms with Crippen LogP contribution < -0.4 is 5.32 Å². The van der Waals surface area contributed by atoms with E-state index in [1.807, 2.05) is 0 Å². The zero-order valence-corrected chi connectivity index (χ0v) is 13.6. The van der Waals surface area contributed by atoms with Gasteiger partial charge in [0.05, 0.1) is 9.79 Å². The summed E-state index contributed by atoms with van der Waals surface area (Å²) < 4.78 is 30.2. The molecule has 0 radical (unpaired) electrons. The van der Waals surface area contributed by atoms with Gasteiger partial charge < -0.3 is 9.73 Å². The maximum Gasteiger partial charge on any atom is 0.319 e. The van der Waals surface area contributed by atoms with Gasteiger partial charge in [0, 0.05) is 10.7 Å². The fourth-order valence-corrected chi connectivity index (χ4v) is 3.45. The first kappa shape index (κ1) is 15.5. The fraction of sp³-hybridized carbons (Fsp3) is 0.0667. The molecular weight excluding hydrogens is 338 g/mol. The molecule has 3 rings (SSSR count). The SMILES string of the molecule is Cc1cc(S(=O)(=O)c2ccc(Nc3nnco3)cc2)ccc1Cl. The third-order valence-electron chi connectivity index (χ3n) is 3.22. The van der Waals surface area contributed by atoms with Gasteiger partial charge >= 0.3 is 6.01 Å². The third-order valence-corrected chi connectivity index (χ3v) is 5.41. The summed E-state index contributed by atoms with van der Waals surface area (Å²) >= 11 is 5.94. The molecule has 0 aliphatic rings. The molecule has 0 saturated carbocycles. The minimum Gasteiger partial charge on any atom is -0.411 e. The Bertz CT molecular complexity index is 923. The molecule has 0 aliphatic carbocycles. The first-order valence-electron chi connectivity index (χ1n) is 6.61. The second-order valence-corrected chi connectivity index (χ2v) is 7.16. The molecule has 8 heteroatoms. The van der Waals surface area contributed by atoms with Crippen LogP contribution in [0.2, 0.25) is 5.02 Å². The molecule has 0 amide bonds. The van der Waals surface area contributed by atoms with Gasteiger partial charge in [-0.05, 0) is 55.0 Å². The van der Waals surface area contributed by atoms with E-state index in [9.17, 15) is 8.42 Å². The summed E-state index contributed by atoms with van der Waals surface area (Å²) in [5.74, 6) is 0. The predicted molar refractivity (Wildman–Crippen MR) is 85.7 cm³/mol. The number of nitrogens with one attached hydrogen (secondary N) is 1. The van der Waals surface area contributed by atoms with Crippen molar-refractivity contribution in [3.05, 3.63) is 59.4 Å². The highest BCUT2D eigenvalue weighted by molar-refractivity contribution is 7.91. The van der Waals surface area contributed by atoms with Crippen LogP contribution in [-0.2, 0) is 9.84 Å². The lowest BCUT2D eigenvalue weighted by molar-refractivity contribution is 0.572. The first-order valence-corrected chi connectivity index (χ1v) is 8.47. The Balaban J connectivity index is 1.89. The Labute approximate surface area is 138 Å². The molecule has 0 saturated heterocycles. The molecule has 0 fully saturated rings. The number of hydrogen-bond donors (Lipinski definition) is 1. The minimum atomic E-state index is -3.59. The van der Waals surface area contributed by atoms with Gasteiger partial charge in [0.1, 0.15) is 0 Å². The lowest BCUT2D eigenvalue weighted by Gasteiger charge is -2.08. The van der Waals surface area contributed by atoms with Crippen molar-refractivity contribution in [1.82, 2.24) is 10.2 Å². The first-order chi connectivity index (χ1) is 11.0. The van der Waals surface area contributed by atoms with Gasteiger partial charge in [-0.1, -0.05) is 16.7 Å². The van der Waals surface area contributed by atoms with E-state index < -0.39 is 9.84 Å². The number of aryl methyl sites for hydroxylation is 1. The maximum atomic E-state index is 12.6. The van der Waals surface area contributed by atoms with Crippen LogP contribution in [0.3, 0.4) is 0 Å². The molecule has 0 atom stereocenters. The number of aromatic nitrogens is 2. The molecule has 118 valence electrons. The molecule has 0 bridgehead atoms. The van der Waals surface area contributed by atoms with Gasteiger partial charge in [0.25, 0.3) is 0 Å². The Morgan fingerprint density at radius 1 is 1.09 bits per heavy atom. The van der Waals surface area contributed by atoms with Crippen molar-refractivity contribution in [1.29, 1.82) is 0 Å². The molecule has 1 N–H and O–H groups in total. The number of hydrogen-bond acceptors (Lipinski definition) is 6. The average molecular weight is 350 g/mol. The van der Waals surface area contributed by atoms with Crippen molar-refractivity contribution in [3.8, 4) is 0 Å². The quantitative estimate of drug-likeness (QED) is 0.774. The largest absolute Gasteiger partial charge is 0.411 e. The highest BCUT2D eigenvalue weighted by atomic mass is 35.5. The van der Waals surface area contributed by atoms with Crippen molar-refractivity contribution in [2.45, 2.75) is 16.7 Å². The lowest BCUT2D eigenvalue weighted by atomic mass is 10.2. The number of anilines is 2. The van der Waals surface area contributed by atoms with Crippen molar-refractivity contribution in [3.63, 3.8) is 0 Å². The Hall–Kier alpha value is -2.38. The molecule has 6 nitrogen and oxygen atoms in total. The van der Waals surface area contributed by atoms with Crippen LogP contribution >= 0.6 is 11.6 Å². The number of nitrogens with zero attached hydrogens (tertiary/aromatic N) is 2. The van der Waals surface area contributed by atoms with E-state index in [0.717, 1.165) is 0 Å². The fourth-order valence-electron chi connectivity index (χ4n) is 1.99. The Morgan fingerprint density at radius 2 is 1.78 bits per heavy atom.